The van der Waals surface area contributed by atoms with Gasteiger partial charge in [0, 0.05) is 38.9 Å². The van der Waals surface area contributed by atoms with E-state index in [1.54, 1.807) is 6.20 Å². The highest BCUT2D eigenvalue weighted by Crippen LogP contribution is 2.25. The Morgan fingerprint density at radius 3 is 2.63 bits per heavy atom. The average Bonchev–Trinajstić information content (AvgIpc) is 2.40. The van der Waals surface area contributed by atoms with Gasteiger partial charge in [-0.2, -0.15) is 4.98 Å². The van der Waals surface area contributed by atoms with Gasteiger partial charge in [-0.15, -0.1) is 0 Å². The van der Waals surface area contributed by atoms with Crippen molar-refractivity contribution in [1.82, 2.24) is 14.9 Å². The zero-order valence-electron chi connectivity index (χ0n) is 11.4. The molecule has 0 spiro atoms. The molecule has 6 nitrogen and oxygen atoms in total. The highest BCUT2D eigenvalue weighted by Gasteiger charge is 2.20. The van der Waals surface area contributed by atoms with E-state index in [0.717, 1.165) is 43.0 Å². The molecule has 0 atom stereocenters. The molecular formula is C12H21BrN6. The molecule has 2 heterocycles. The quantitative estimate of drug-likeness (QED) is 0.641. The minimum atomic E-state index is 0.447. The molecular weight excluding hydrogens is 308 g/mol. The lowest BCUT2D eigenvalue weighted by Crippen LogP contribution is -2.47. The Hall–Kier alpha value is -0.920. The molecule has 3 N–H and O–H groups in total. The zero-order chi connectivity index (χ0) is 13.8. The fraction of sp³-hybridized carbons (Fsp3) is 0.667. The molecule has 0 unspecified atom stereocenters. The van der Waals surface area contributed by atoms with Crippen molar-refractivity contribution >= 4 is 27.7 Å². The number of hydrogen-bond acceptors (Lipinski definition) is 6. The van der Waals surface area contributed by atoms with Crippen LogP contribution in [0.1, 0.15) is 13.8 Å². The maximum absolute atomic E-state index is 5.36. The molecule has 1 aliphatic rings. The topological polar surface area (TPSA) is 70.3 Å². The van der Waals surface area contributed by atoms with Gasteiger partial charge < -0.3 is 4.90 Å². The van der Waals surface area contributed by atoms with E-state index in [1.165, 1.54) is 0 Å². The summed E-state index contributed by atoms with van der Waals surface area (Å²) in [5.74, 6) is 7.43. The second-order valence-corrected chi connectivity index (χ2v) is 6.05. The second kappa shape index (κ2) is 6.49. The number of piperazine rings is 1. The first kappa shape index (κ1) is 14.5. The van der Waals surface area contributed by atoms with E-state index in [2.05, 4.69) is 55.0 Å². The number of rotatable bonds is 4. The number of anilines is 2. The van der Waals surface area contributed by atoms with Crippen molar-refractivity contribution in [2.24, 2.45) is 11.8 Å². The highest BCUT2D eigenvalue weighted by atomic mass is 79.9. The van der Waals surface area contributed by atoms with E-state index in [9.17, 15) is 0 Å². The number of nitrogens with zero attached hydrogens (tertiary/aromatic N) is 4. The van der Waals surface area contributed by atoms with Crippen LogP contribution in [0.25, 0.3) is 0 Å². The van der Waals surface area contributed by atoms with Gasteiger partial charge in [-0.1, -0.05) is 13.8 Å². The smallest absolute Gasteiger partial charge is 0.239 e. The van der Waals surface area contributed by atoms with Gasteiger partial charge in [-0.05, 0) is 21.8 Å². The van der Waals surface area contributed by atoms with Crippen LogP contribution in [0, 0.1) is 5.92 Å². The fourth-order valence-corrected chi connectivity index (χ4v) is 2.75. The summed E-state index contributed by atoms with van der Waals surface area (Å²) in [6.45, 7) is 9.77. The molecule has 7 heteroatoms. The summed E-state index contributed by atoms with van der Waals surface area (Å²) in [5.41, 5.74) is 2.49. The van der Waals surface area contributed by atoms with Crippen molar-refractivity contribution in [3.05, 3.63) is 10.7 Å². The number of hydrazine groups is 1. The van der Waals surface area contributed by atoms with E-state index in [0.29, 0.717) is 11.9 Å². The predicted molar refractivity (Wildman–Crippen MR) is 81.0 cm³/mol. The van der Waals surface area contributed by atoms with Crippen LogP contribution in [-0.4, -0.2) is 47.6 Å². The third-order valence-corrected chi connectivity index (χ3v) is 3.71. The minimum absolute atomic E-state index is 0.447. The summed E-state index contributed by atoms with van der Waals surface area (Å²) in [6, 6.07) is 0. The van der Waals surface area contributed by atoms with Crippen molar-refractivity contribution in [1.29, 1.82) is 0 Å². The molecule has 0 radical (unpaired) electrons. The number of nitrogens with one attached hydrogen (secondary N) is 1. The van der Waals surface area contributed by atoms with Crippen LogP contribution < -0.4 is 16.2 Å². The van der Waals surface area contributed by atoms with Gasteiger partial charge in [0.15, 0.2) is 0 Å². The molecule has 106 valence electrons. The van der Waals surface area contributed by atoms with Crippen LogP contribution in [-0.2, 0) is 0 Å². The third kappa shape index (κ3) is 3.77. The van der Waals surface area contributed by atoms with Gasteiger partial charge in [0.1, 0.15) is 5.82 Å². The fourth-order valence-electron chi connectivity index (χ4n) is 2.31. The Labute approximate surface area is 122 Å². The average molecular weight is 329 g/mol. The molecule has 1 fully saturated rings. The first-order valence-corrected chi connectivity index (χ1v) is 7.36. The Balaban J connectivity index is 2.01. The van der Waals surface area contributed by atoms with Crippen LogP contribution in [0.3, 0.4) is 0 Å². The Kier molecular flexibility index (Phi) is 4.95. The molecule has 1 aliphatic heterocycles. The summed E-state index contributed by atoms with van der Waals surface area (Å²) in [7, 11) is 0. The summed E-state index contributed by atoms with van der Waals surface area (Å²) in [6.07, 6.45) is 1.73. The molecule has 1 saturated heterocycles. The SMILES string of the molecule is CC(C)CN1CCN(c2nc(NN)ncc2Br)CC1. The lowest BCUT2D eigenvalue weighted by Gasteiger charge is -2.36. The lowest BCUT2D eigenvalue weighted by atomic mass is 10.2. The van der Waals surface area contributed by atoms with Crippen molar-refractivity contribution in [2.45, 2.75) is 13.8 Å². The molecule has 19 heavy (non-hydrogen) atoms. The number of aromatic nitrogens is 2. The Bertz CT molecular complexity index is 417. The van der Waals surface area contributed by atoms with E-state index in [1.807, 2.05) is 0 Å². The third-order valence-electron chi connectivity index (χ3n) is 3.15. The van der Waals surface area contributed by atoms with Crippen LogP contribution >= 0.6 is 15.9 Å². The van der Waals surface area contributed by atoms with E-state index < -0.39 is 0 Å². The van der Waals surface area contributed by atoms with Crippen molar-refractivity contribution in [2.75, 3.05) is 43.0 Å². The zero-order valence-corrected chi connectivity index (χ0v) is 13.0. The maximum atomic E-state index is 5.36. The van der Waals surface area contributed by atoms with Crippen LogP contribution in [0.2, 0.25) is 0 Å². The van der Waals surface area contributed by atoms with Crippen molar-refractivity contribution in [3.63, 3.8) is 0 Å². The second-order valence-electron chi connectivity index (χ2n) is 5.19. The van der Waals surface area contributed by atoms with Gasteiger partial charge in [0.25, 0.3) is 0 Å². The summed E-state index contributed by atoms with van der Waals surface area (Å²) in [5, 5.41) is 0. The molecule has 0 aromatic carbocycles. The lowest BCUT2D eigenvalue weighted by molar-refractivity contribution is 0.231. The van der Waals surface area contributed by atoms with E-state index in [4.69, 9.17) is 5.84 Å². The Morgan fingerprint density at radius 1 is 1.37 bits per heavy atom. The first-order valence-electron chi connectivity index (χ1n) is 6.56. The Morgan fingerprint density at radius 2 is 2.05 bits per heavy atom. The molecule has 1 aromatic rings. The number of nitrogen functional groups attached to an aromatic ring is 1. The molecule has 0 aliphatic carbocycles. The minimum Gasteiger partial charge on any atom is -0.353 e. The predicted octanol–water partition coefficient (Wildman–Crippen LogP) is 1.30. The van der Waals surface area contributed by atoms with Crippen LogP contribution in [0.5, 0.6) is 0 Å². The van der Waals surface area contributed by atoms with Gasteiger partial charge in [-0.25, -0.2) is 10.8 Å². The summed E-state index contributed by atoms with van der Waals surface area (Å²) >= 11 is 3.50. The van der Waals surface area contributed by atoms with Crippen molar-refractivity contribution in [3.8, 4) is 0 Å². The van der Waals surface area contributed by atoms with Crippen LogP contribution in [0.4, 0.5) is 11.8 Å². The number of nitrogens with two attached hydrogens (primary N) is 1. The summed E-state index contributed by atoms with van der Waals surface area (Å²) < 4.78 is 0.906. The van der Waals surface area contributed by atoms with E-state index in [-0.39, 0.29) is 0 Å². The maximum Gasteiger partial charge on any atom is 0.239 e. The molecule has 0 amide bonds. The van der Waals surface area contributed by atoms with Gasteiger partial charge in [0.05, 0.1) is 4.47 Å². The van der Waals surface area contributed by atoms with Crippen molar-refractivity contribution < 1.29 is 0 Å². The first-order chi connectivity index (χ1) is 9.10. The normalized spacial score (nSPS) is 17.0. The largest absolute Gasteiger partial charge is 0.353 e. The molecule has 2 rings (SSSR count). The van der Waals surface area contributed by atoms with Gasteiger partial charge in [0.2, 0.25) is 5.95 Å². The number of halogens is 1. The van der Waals surface area contributed by atoms with Gasteiger partial charge in [-0.3, -0.25) is 10.3 Å². The number of hydrogen-bond donors (Lipinski definition) is 2. The molecule has 0 bridgehead atoms. The monoisotopic (exact) mass is 328 g/mol. The molecule has 0 saturated carbocycles. The highest BCUT2D eigenvalue weighted by molar-refractivity contribution is 9.10. The summed E-state index contributed by atoms with van der Waals surface area (Å²) in [4.78, 5) is 13.3. The molecule has 1 aromatic heterocycles. The van der Waals surface area contributed by atoms with Crippen LogP contribution in [0.15, 0.2) is 10.7 Å². The van der Waals surface area contributed by atoms with E-state index >= 15 is 0 Å². The standard InChI is InChI=1S/C12H21BrN6/c1-9(2)8-18-3-5-19(6-4-18)11-10(13)7-15-12(16-11)17-14/h7,9H,3-6,8,14H2,1-2H3,(H,15,16,17). The van der Waals surface area contributed by atoms with Gasteiger partial charge >= 0.3 is 0 Å².